The number of thioether (sulfide) groups is 1. The summed E-state index contributed by atoms with van der Waals surface area (Å²) >= 11 is 1.81. The second-order valence-corrected chi connectivity index (χ2v) is 11.5. The number of aromatic hydroxyl groups is 2. The maximum Gasteiger partial charge on any atom is 0.306 e. The van der Waals surface area contributed by atoms with Crippen molar-refractivity contribution >= 4 is 17.7 Å². The first-order chi connectivity index (χ1) is 17.5. The van der Waals surface area contributed by atoms with Crippen molar-refractivity contribution in [3.8, 4) is 11.5 Å². The molecule has 0 aromatic heterocycles. The molecule has 3 N–H and O–H groups in total. The lowest BCUT2D eigenvalue weighted by molar-refractivity contribution is -0.142. The number of unbranched alkanes of at least 4 members (excludes halogenated alkanes) is 8. The molecule has 0 aliphatic carbocycles. The molecule has 3 atom stereocenters. The summed E-state index contributed by atoms with van der Waals surface area (Å²) in [5.74, 6) is 1.64. The minimum absolute atomic E-state index is 0.164. The fourth-order valence-corrected chi connectivity index (χ4v) is 6.92. The molecule has 1 heterocycles. The second-order valence-electron chi connectivity index (χ2n) is 10.4. The van der Waals surface area contributed by atoms with Crippen LogP contribution in [0, 0.1) is 5.92 Å². The molecule has 2 aromatic carbocycles. The van der Waals surface area contributed by atoms with Crippen LogP contribution < -0.4 is 0 Å². The molecule has 0 amide bonds. The third-order valence-electron chi connectivity index (χ3n) is 7.70. The van der Waals surface area contributed by atoms with Gasteiger partial charge in [0.05, 0.1) is 5.92 Å². The van der Waals surface area contributed by atoms with Crippen molar-refractivity contribution in [1.82, 2.24) is 0 Å². The largest absolute Gasteiger partial charge is 0.508 e. The van der Waals surface area contributed by atoms with Gasteiger partial charge in [-0.25, -0.2) is 0 Å². The zero-order valence-corrected chi connectivity index (χ0v) is 22.6. The Labute approximate surface area is 221 Å². The Hall–Kier alpha value is -2.14. The zero-order chi connectivity index (χ0) is 25.8. The summed E-state index contributed by atoms with van der Waals surface area (Å²) in [4.78, 5) is 12.7. The Kier molecular flexibility index (Phi) is 12.0. The number of fused-ring (bicyclic) bond motifs is 1. The van der Waals surface area contributed by atoms with Crippen LogP contribution in [0.2, 0.25) is 0 Å². The van der Waals surface area contributed by atoms with Gasteiger partial charge < -0.3 is 15.3 Å². The Morgan fingerprint density at radius 1 is 0.861 bits per heavy atom. The third-order valence-corrected chi connectivity index (χ3v) is 8.89. The predicted octanol–water partition coefficient (Wildman–Crippen LogP) is 8.86. The number of carbonyl (C=O) groups is 1. The lowest BCUT2D eigenvalue weighted by Crippen LogP contribution is -2.19. The van der Waals surface area contributed by atoms with Gasteiger partial charge in [-0.2, -0.15) is 0 Å². The smallest absolute Gasteiger partial charge is 0.306 e. The van der Waals surface area contributed by atoms with Crippen LogP contribution in [0.4, 0.5) is 0 Å². The van der Waals surface area contributed by atoms with Crippen LogP contribution in [0.1, 0.15) is 113 Å². The van der Waals surface area contributed by atoms with E-state index in [-0.39, 0.29) is 5.92 Å². The van der Waals surface area contributed by atoms with Crippen molar-refractivity contribution in [3.63, 3.8) is 0 Å². The SMILES string of the molecule is CCCCCCC(CCCCCCCCC1c2ccc(O)cc2SCC1c1ccc(O)cc1)C(=O)O. The summed E-state index contributed by atoms with van der Waals surface area (Å²) in [7, 11) is 0. The van der Waals surface area contributed by atoms with Crippen LogP contribution in [0.3, 0.4) is 0 Å². The first-order valence-corrected chi connectivity index (χ1v) is 15.0. The standard InChI is InChI=1S/C31H44O4S/c1-2-3-4-9-12-24(31(34)35)13-10-7-5-6-8-11-14-27-28-20-19-26(33)21-30(28)36-22-29(27)23-15-17-25(32)18-16-23/h15-21,24,27,29,32-33H,2-14,22H2,1H3,(H,34,35). The fourth-order valence-electron chi connectivity index (χ4n) is 5.54. The van der Waals surface area contributed by atoms with Crippen molar-refractivity contribution in [2.24, 2.45) is 5.92 Å². The molecule has 3 unspecified atom stereocenters. The average Bonchev–Trinajstić information content (AvgIpc) is 2.87. The highest BCUT2D eigenvalue weighted by Gasteiger charge is 2.31. The van der Waals surface area contributed by atoms with Gasteiger partial charge in [0.15, 0.2) is 0 Å². The molecule has 198 valence electrons. The summed E-state index contributed by atoms with van der Waals surface area (Å²) < 4.78 is 0. The quantitative estimate of drug-likeness (QED) is 0.196. The molecule has 1 aliphatic rings. The molecule has 4 nitrogen and oxygen atoms in total. The van der Waals surface area contributed by atoms with Gasteiger partial charge in [-0.3, -0.25) is 4.79 Å². The summed E-state index contributed by atoms with van der Waals surface area (Å²) in [5.41, 5.74) is 2.60. The van der Waals surface area contributed by atoms with Crippen LogP contribution in [-0.4, -0.2) is 27.0 Å². The van der Waals surface area contributed by atoms with E-state index in [0.29, 0.717) is 23.3 Å². The molecule has 3 rings (SSSR count). The molecule has 0 spiro atoms. The van der Waals surface area contributed by atoms with E-state index in [9.17, 15) is 20.1 Å². The zero-order valence-electron chi connectivity index (χ0n) is 21.8. The monoisotopic (exact) mass is 512 g/mol. The Morgan fingerprint density at radius 2 is 1.47 bits per heavy atom. The lowest BCUT2D eigenvalue weighted by Gasteiger charge is -2.34. The van der Waals surface area contributed by atoms with Gasteiger partial charge in [0, 0.05) is 16.6 Å². The number of carboxylic acids is 1. The molecule has 0 fully saturated rings. The second kappa shape index (κ2) is 15.2. The molecule has 1 aliphatic heterocycles. The molecular formula is C31H44O4S. The number of phenols is 2. The van der Waals surface area contributed by atoms with E-state index in [1.165, 1.54) is 54.5 Å². The number of hydrogen-bond donors (Lipinski definition) is 3. The summed E-state index contributed by atoms with van der Waals surface area (Å²) in [6, 6.07) is 13.5. The van der Waals surface area contributed by atoms with Gasteiger partial charge in [0.25, 0.3) is 0 Å². The van der Waals surface area contributed by atoms with Crippen molar-refractivity contribution in [2.45, 2.75) is 107 Å². The molecule has 0 saturated carbocycles. The van der Waals surface area contributed by atoms with E-state index in [0.717, 1.165) is 50.7 Å². The number of aliphatic carboxylic acids is 1. The van der Waals surface area contributed by atoms with E-state index in [2.05, 4.69) is 13.0 Å². The number of benzene rings is 2. The number of phenolic OH excluding ortho intramolecular Hbond substituents is 2. The van der Waals surface area contributed by atoms with E-state index in [1.54, 1.807) is 18.2 Å². The van der Waals surface area contributed by atoms with Gasteiger partial charge in [-0.1, -0.05) is 89.3 Å². The van der Waals surface area contributed by atoms with Crippen LogP contribution in [0.5, 0.6) is 11.5 Å². The van der Waals surface area contributed by atoms with E-state index < -0.39 is 5.97 Å². The third kappa shape index (κ3) is 8.76. The van der Waals surface area contributed by atoms with Crippen LogP contribution in [-0.2, 0) is 4.79 Å². The Bertz CT molecular complexity index is 927. The predicted molar refractivity (Wildman–Crippen MR) is 149 cm³/mol. The molecule has 36 heavy (non-hydrogen) atoms. The molecule has 0 bridgehead atoms. The van der Waals surface area contributed by atoms with Gasteiger partial charge >= 0.3 is 5.97 Å². The molecule has 0 saturated heterocycles. The van der Waals surface area contributed by atoms with Crippen LogP contribution in [0.25, 0.3) is 0 Å². The highest BCUT2D eigenvalue weighted by molar-refractivity contribution is 7.99. The number of rotatable bonds is 16. The van der Waals surface area contributed by atoms with Crippen molar-refractivity contribution in [2.75, 3.05) is 5.75 Å². The number of hydrogen-bond acceptors (Lipinski definition) is 4. The molecular weight excluding hydrogens is 468 g/mol. The summed E-state index contributed by atoms with van der Waals surface area (Å²) in [6.07, 6.45) is 14.2. The van der Waals surface area contributed by atoms with Crippen molar-refractivity contribution in [1.29, 1.82) is 0 Å². The van der Waals surface area contributed by atoms with Crippen molar-refractivity contribution in [3.05, 3.63) is 53.6 Å². The Balaban J connectivity index is 1.43. The molecule has 2 aromatic rings. The lowest BCUT2D eigenvalue weighted by atomic mass is 9.79. The highest BCUT2D eigenvalue weighted by Crippen LogP contribution is 2.49. The van der Waals surface area contributed by atoms with E-state index in [4.69, 9.17) is 0 Å². The normalized spacial score (nSPS) is 18.0. The minimum atomic E-state index is -0.617. The fraction of sp³-hybridized carbons (Fsp3) is 0.581. The van der Waals surface area contributed by atoms with Gasteiger partial charge in [0.1, 0.15) is 11.5 Å². The van der Waals surface area contributed by atoms with E-state index >= 15 is 0 Å². The van der Waals surface area contributed by atoms with Gasteiger partial charge in [-0.15, -0.1) is 11.8 Å². The maximum absolute atomic E-state index is 11.5. The first-order valence-electron chi connectivity index (χ1n) is 14.0. The first kappa shape index (κ1) is 28.4. The highest BCUT2D eigenvalue weighted by atomic mass is 32.2. The number of carboxylic acid groups (broad SMARTS) is 1. The van der Waals surface area contributed by atoms with Gasteiger partial charge in [0.2, 0.25) is 0 Å². The topological polar surface area (TPSA) is 77.8 Å². The average molecular weight is 513 g/mol. The minimum Gasteiger partial charge on any atom is -0.508 e. The van der Waals surface area contributed by atoms with Crippen molar-refractivity contribution < 1.29 is 20.1 Å². The summed E-state index contributed by atoms with van der Waals surface area (Å²) in [5, 5.41) is 29.2. The maximum atomic E-state index is 11.5. The van der Waals surface area contributed by atoms with Crippen LogP contribution in [0.15, 0.2) is 47.4 Å². The van der Waals surface area contributed by atoms with E-state index in [1.807, 2.05) is 30.0 Å². The van der Waals surface area contributed by atoms with Gasteiger partial charge in [-0.05, 0) is 60.6 Å². The summed E-state index contributed by atoms with van der Waals surface area (Å²) in [6.45, 7) is 2.18. The molecule has 0 radical (unpaired) electrons. The van der Waals surface area contributed by atoms with Crippen LogP contribution >= 0.6 is 11.8 Å². The Morgan fingerprint density at radius 3 is 2.14 bits per heavy atom. The molecule has 5 heteroatoms.